The molecule has 5 N–H and O–H groups in total. The summed E-state index contributed by atoms with van der Waals surface area (Å²) in [5.41, 5.74) is 5.47. The number of carbonyl (C=O) groups excluding carboxylic acids is 1. The Bertz CT molecular complexity index is 174. The SMILES string of the molecule is CC1NC(N)NC(=O)C1CCO. The molecule has 5 heteroatoms. The Morgan fingerprint density at radius 1 is 1.67 bits per heavy atom. The molecule has 0 radical (unpaired) electrons. The maximum atomic E-state index is 11.3. The van der Waals surface area contributed by atoms with E-state index >= 15 is 0 Å². The van der Waals surface area contributed by atoms with Crippen LogP contribution in [0.5, 0.6) is 0 Å². The predicted octanol–water partition coefficient (Wildman–Crippen LogP) is -1.66. The van der Waals surface area contributed by atoms with Gasteiger partial charge >= 0.3 is 0 Å². The molecule has 0 spiro atoms. The summed E-state index contributed by atoms with van der Waals surface area (Å²) >= 11 is 0. The van der Waals surface area contributed by atoms with Gasteiger partial charge in [0.05, 0.1) is 5.92 Å². The van der Waals surface area contributed by atoms with E-state index in [0.717, 1.165) is 0 Å². The van der Waals surface area contributed by atoms with Crippen molar-refractivity contribution in [3.63, 3.8) is 0 Å². The molecule has 0 aromatic heterocycles. The number of aliphatic hydroxyl groups is 1. The van der Waals surface area contributed by atoms with Crippen molar-refractivity contribution in [2.24, 2.45) is 11.7 Å². The molecule has 1 fully saturated rings. The summed E-state index contributed by atoms with van der Waals surface area (Å²) in [6.07, 6.45) is 0.0228. The molecule has 1 rings (SSSR count). The number of carbonyl (C=O) groups is 1. The standard InChI is InChI=1S/C7H15N3O2/c1-4-5(2-3-11)6(12)10-7(8)9-4/h4-5,7,9,11H,2-3,8H2,1H3,(H,10,12). The zero-order chi connectivity index (χ0) is 9.14. The minimum atomic E-state index is -0.456. The van der Waals surface area contributed by atoms with Gasteiger partial charge in [0.25, 0.3) is 0 Å². The highest BCUT2D eigenvalue weighted by Gasteiger charge is 2.30. The van der Waals surface area contributed by atoms with Crippen LogP contribution in [0.3, 0.4) is 0 Å². The van der Waals surface area contributed by atoms with Crippen LogP contribution in [0.2, 0.25) is 0 Å². The zero-order valence-corrected chi connectivity index (χ0v) is 7.08. The van der Waals surface area contributed by atoms with E-state index in [1.54, 1.807) is 0 Å². The van der Waals surface area contributed by atoms with Gasteiger partial charge in [0.1, 0.15) is 6.29 Å². The third kappa shape index (κ3) is 1.94. The molecule has 1 saturated heterocycles. The molecule has 1 amide bonds. The van der Waals surface area contributed by atoms with Crippen LogP contribution in [0.4, 0.5) is 0 Å². The minimum absolute atomic E-state index is 0.0271. The summed E-state index contributed by atoms with van der Waals surface area (Å²) in [6.45, 7) is 1.91. The van der Waals surface area contributed by atoms with Gasteiger partial charge in [-0.05, 0) is 13.3 Å². The van der Waals surface area contributed by atoms with Crippen molar-refractivity contribution in [1.29, 1.82) is 0 Å². The molecular formula is C7H15N3O2. The van der Waals surface area contributed by atoms with Crippen LogP contribution >= 0.6 is 0 Å². The molecule has 12 heavy (non-hydrogen) atoms. The second-order valence-corrected chi connectivity index (χ2v) is 3.06. The van der Waals surface area contributed by atoms with Gasteiger partial charge in [-0.3, -0.25) is 15.8 Å². The van der Waals surface area contributed by atoms with Gasteiger partial charge in [-0.25, -0.2) is 0 Å². The number of aliphatic hydroxyl groups excluding tert-OH is 1. The quantitative estimate of drug-likeness (QED) is 0.402. The molecule has 1 aliphatic rings. The van der Waals surface area contributed by atoms with Gasteiger partial charge in [-0.15, -0.1) is 0 Å². The Labute approximate surface area is 71.3 Å². The van der Waals surface area contributed by atoms with E-state index in [1.165, 1.54) is 0 Å². The van der Waals surface area contributed by atoms with Gasteiger partial charge in [0, 0.05) is 12.6 Å². The van der Waals surface area contributed by atoms with Crippen LogP contribution in [0, 0.1) is 5.92 Å². The van der Waals surface area contributed by atoms with Gasteiger partial charge in [-0.2, -0.15) is 0 Å². The smallest absolute Gasteiger partial charge is 0.226 e. The first-order valence-corrected chi connectivity index (χ1v) is 4.08. The molecule has 3 unspecified atom stereocenters. The number of nitrogens with two attached hydrogens (primary N) is 1. The number of rotatable bonds is 2. The first-order chi connectivity index (χ1) is 5.65. The third-order valence-electron chi connectivity index (χ3n) is 2.12. The largest absolute Gasteiger partial charge is 0.396 e. The van der Waals surface area contributed by atoms with Crippen molar-refractivity contribution in [3.8, 4) is 0 Å². The average Bonchev–Trinajstić information content (AvgIpc) is 1.96. The topological polar surface area (TPSA) is 87.4 Å². The molecular weight excluding hydrogens is 158 g/mol. The first kappa shape index (κ1) is 9.44. The van der Waals surface area contributed by atoms with Crippen LogP contribution in [-0.2, 0) is 4.79 Å². The predicted molar refractivity (Wildman–Crippen MR) is 43.9 cm³/mol. The minimum Gasteiger partial charge on any atom is -0.396 e. The molecule has 5 nitrogen and oxygen atoms in total. The Morgan fingerprint density at radius 3 is 2.83 bits per heavy atom. The Morgan fingerprint density at radius 2 is 2.33 bits per heavy atom. The normalized spacial score (nSPS) is 36.2. The average molecular weight is 173 g/mol. The number of hydrogen-bond donors (Lipinski definition) is 4. The molecule has 70 valence electrons. The summed E-state index contributed by atoms with van der Waals surface area (Å²) in [7, 11) is 0. The van der Waals surface area contributed by atoms with Gasteiger partial charge in [0.2, 0.25) is 5.91 Å². The molecule has 0 aromatic rings. The van der Waals surface area contributed by atoms with E-state index in [2.05, 4.69) is 10.6 Å². The van der Waals surface area contributed by atoms with Crippen molar-refractivity contribution in [1.82, 2.24) is 10.6 Å². The second kappa shape index (κ2) is 3.84. The van der Waals surface area contributed by atoms with E-state index < -0.39 is 6.29 Å². The highest BCUT2D eigenvalue weighted by molar-refractivity contribution is 5.80. The molecule has 1 aliphatic heterocycles. The highest BCUT2D eigenvalue weighted by atomic mass is 16.3. The summed E-state index contributed by atoms with van der Waals surface area (Å²) in [5, 5.41) is 14.2. The van der Waals surface area contributed by atoms with E-state index in [-0.39, 0.29) is 24.5 Å². The van der Waals surface area contributed by atoms with Crippen molar-refractivity contribution in [2.75, 3.05) is 6.61 Å². The van der Waals surface area contributed by atoms with Crippen molar-refractivity contribution >= 4 is 5.91 Å². The molecule has 0 aromatic carbocycles. The lowest BCUT2D eigenvalue weighted by Gasteiger charge is -2.33. The lowest BCUT2D eigenvalue weighted by molar-refractivity contribution is -0.129. The highest BCUT2D eigenvalue weighted by Crippen LogP contribution is 2.11. The lowest BCUT2D eigenvalue weighted by atomic mass is 9.95. The number of nitrogens with one attached hydrogen (secondary N) is 2. The monoisotopic (exact) mass is 173 g/mol. The summed E-state index contributed by atoms with van der Waals surface area (Å²) in [4.78, 5) is 11.3. The van der Waals surface area contributed by atoms with Crippen LogP contribution in [0.1, 0.15) is 13.3 Å². The summed E-state index contributed by atoms with van der Waals surface area (Å²) < 4.78 is 0. The van der Waals surface area contributed by atoms with E-state index in [9.17, 15) is 4.79 Å². The van der Waals surface area contributed by atoms with E-state index in [0.29, 0.717) is 6.42 Å². The number of hydrogen-bond acceptors (Lipinski definition) is 4. The van der Waals surface area contributed by atoms with Gasteiger partial charge in [-0.1, -0.05) is 0 Å². The van der Waals surface area contributed by atoms with E-state index in [4.69, 9.17) is 10.8 Å². The fourth-order valence-corrected chi connectivity index (χ4v) is 1.45. The van der Waals surface area contributed by atoms with Gasteiger partial charge in [0.15, 0.2) is 0 Å². The Kier molecular flexibility index (Phi) is 3.02. The Hall–Kier alpha value is -0.650. The van der Waals surface area contributed by atoms with Crippen LogP contribution in [0.25, 0.3) is 0 Å². The van der Waals surface area contributed by atoms with E-state index in [1.807, 2.05) is 6.92 Å². The first-order valence-electron chi connectivity index (χ1n) is 4.08. The molecule has 0 saturated carbocycles. The van der Waals surface area contributed by atoms with Crippen molar-refractivity contribution in [3.05, 3.63) is 0 Å². The fourth-order valence-electron chi connectivity index (χ4n) is 1.45. The van der Waals surface area contributed by atoms with Crippen LogP contribution < -0.4 is 16.4 Å². The van der Waals surface area contributed by atoms with Gasteiger partial charge < -0.3 is 10.4 Å². The summed E-state index contributed by atoms with van der Waals surface area (Å²) in [6, 6.07) is 0.0286. The zero-order valence-electron chi connectivity index (χ0n) is 7.08. The van der Waals surface area contributed by atoms with Crippen molar-refractivity contribution in [2.45, 2.75) is 25.7 Å². The molecule has 1 heterocycles. The number of amides is 1. The fraction of sp³-hybridized carbons (Fsp3) is 0.857. The van der Waals surface area contributed by atoms with Crippen LogP contribution in [0.15, 0.2) is 0 Å². The maximum absolute atomic E-state index is 11.3. The van der Waals surface area contributed by atoms with Crippen molar-refractivity contribution < 1.29 is 9.90 Å². The molecule has 3 atom stereocenters. The molecule has 0 aliphatic carbocycles. The Balaban J connectivity index is 2.54. The maximum Gasteiger partial charge on any atom is 0.226 e. The lowest BCUT2D eigenvalue weighted by Crippen LogP contribution is -2.64. The summed E-state index contributed by atoms with van der Waals surface area (Å²) in [5.74, 6) is -0.252. The second-order valence-electron chi connectivity index (χ2n) is 3.06. The van der Waals surface area contributed by atoms with Crippen LogP contribution in [-0.4, -0.2) is 30.0 Å². The third-order valence-corrected chi connectivity index (χ3v) is 2.12. The molecule has 0 bridgehead atoms.